The summed E-state index contributed by atoms with van der Waals surface area (Å²) in [6, 6.07) is 4.59. The number of sulfonamides is 1. The number of hydrogen-bond acceptors (Lipinski definition) is 4. The molecule has 3 aliphatic carbocycles. The first-order valence-corrected chi connectivity index (χ1v) is 10.3. The summed E-state index contributed by atoms with van der Waals surface area (Å²) in [7, 11) is -2.41. The minimum Gasteiger partial charge on any atom is -0.346 e. The summed E-state index contributed by atoms with van der Waals surface area (Å²) in [5.74, 6) is -0.607. The maximum absolute atomic E-state index is 13.0. The number of nitrogens with zero attached hydrogens (tertiary/aromatic N) is 2. The molecule has 2 N–H and O–H groups in total. The van der Waals surface area contributed by atoms with E-state index in [9.17, 15) is 26.4 Å². The predicted octanol–water partition coefficient (Wildman–Crippen LogP) is 2.74. The van der Waals surface area contributed by atoms with Crippen molar-refractivity contribution in [3.05, 3.63) is 41.7 Å². The Morgan fingerprint density at radius 1 is 1.24 bits per heavy atom. The highest BCUT2D eigenvalue weighted by Crippen LogP contribution is 2.73. The molecule has 0 atom stereocenters. The number of aryl methyl sites for hydroxylation is 2. The molecule has 0 saturated heterocycles. The average Bonchev–Trinajstić information content (AvgIpc) is 2.95. The van der Waals surface area contributed by atoms with Crippen LogP contribution < -0.4 is 10.0 Å². The third-order valence-corrected chi connectivity index (χ3v) is 6.99. The topological polar surface area (TPSA) is 93.1 Å². The number of rotatable bonds is 5. The van der Waals surface area contributed by atoms with Gasteiger partial charge in [-0.05, 0) is 43.9 Å². The Kier molecular flexibility index (Phi) is 4.07. The smallest absolute Gasteiger partial charge is 0.346 e. The van der Waals surface area contributed by atoms with Crippen LogP contribution in [-0.4, -0.2) is 35.8 Å². The molecule has 1 amide bonds. The molecule has 1 aromatic carbocycles. The van der Waals surface area contributed by atoms with E-state index in [4.69, 9.17) is 0 Å². The molecular formula is C18H19F3N4O3S. The van der Waals surface area contributed by atoms with Crippen molar-refractivity contribution >= 4 is 21.6 Å². The van der Waals surface area contributed by atoms with Crippen molar-refractivity contribution < 1.29 is 26.4 Å². The highest BCUT2D eigenvalue weighted by molar-refractivity contribution is 7.92. The lowest BCUT2D eigenvalue weighted by atomic mass is 9.39. The quantitative estimate of drug-likeness (QED) is 0.766. The summed E-state index contributed by atoms with van der Waals surface area (Å²) in [5, 5.41) is 6.50. The lowest BCUT2D eigenvalue weighted by molar-refractivity contribution is -0.336. The van der Waals surface area contributed by atoms with E-state index in [-0.39, 0.29) is 35.4 Å². The van der Waals surface area contributed by atoms with Crippen LogP contribution in [0.5, 0.6) is 0 Å². The van der Waals surface area contributed by atoms with Crippen molar-refractivity contribution in [3.8, 4) is 0 Å². The van der Waals surface area contributed by atoms with Crippen molar-refractivity contribution in [2.75, 3.05) is 4.72 Å². The van der Waals surface area contributed by atoms with Crippen molar-refractivity contribution in [3.63, 3.8) is 0 Å². The maximum atomic E-state index is 13.0. The number of aromatic nitrogens is 2. The Bertz CT molecular complexity index is 1090. The van der Waals surface area contributed by atoms with Crippen molar-refractivity contribution in [2.45, 2.75) is 42.8 Å². The molecule has 0 spiro atoms. The molecule has 7 nitrogen and oxygen atoms in total. The molecule has 0 radical (unpaired) electrons. The van der Waals surface area contributed by atoms with Gasteiger partial charge in [-0.25, -0.2) is 8.42 Å². The molecule has 2 aromatic rings. The second kappa shape index (κ2) is 5.97. The van der Waals surface area contributed by atoms with Crippen LogP contribution >= 0.6 is 0 Å². The Balaban J connectivity index is 1.54. The molecule has 156 valence electrons. The third-order valence-electron chi connectivity index (χ3n) is 5.67. The molecular weight excluding hydrogens is 409 g/mol. The Morgan fingerprint density at radius 2 is 1.90 bits per heavy atom. The van der Waals surface area contributed by atoms with Crippen molar-refractivity contribution in [1.29, 1.82) is 0 Å². The van der Waals surface area contributed by atoms with Crippen LogP contribution in [-0.2, 0) is 17.1 Å². The van der Waals surface area contributed by atoms with Gasteiger partial charge in [0.05, 0.1) is 22.9 Å². The van der Waals surface area contributed by atoms with E-state index < -0.39 is 33.1 Å². The fraction of sp³-hybridized carbons (Fsp3) is 0.444. The van der Waals surface area contributed by atoms with Crippen molar-refractivity contribution in [2.24, 2.45) is 12.5 Å². The largest absolute Gasteiger partial charge is 0.394 e. The van der Waals surface area contributed by atoms with Gasteiger partial charge in [0, 0.05) is 18.8 Å². The Hall–Kier alpha value is -2.56. The van der Waals surface area contributed by atoms with E-state index in [1.165, 1.54) is 29.2 Å². The molecule has 1 aromatic heterocycles. The van der Waals surface area contributed by atoms with Gasteiger partial charge in [0.15, 0.2) is 0 Å². The number of alkyl halides is 3. The summed E-state index contributed by atoms with van der Waals surface area (Å²) < 4.78 is 67.9. The normalized spacial score (nSPS) is 25.7. The highest BCUT2D eigenvalue weighted by Gasteiger charge is 2.79. The zero-order chi connectivity index (χ0) is 21.2. The van der Waals surface area contributed by atoms with Crippen molar-refractivity contribution in [1.82, 2.24) is 15.1 Å². The molecule has 3 saturated carbocycles. The highest BCUT2D eigenvalue weighted by atomic mass is 32.2. The predicted molar refractivity (Wildman–Crippen MR) is 97.7 cm³/mol. The van der Waals surface area contributed by atoms with Crippen LogP contribution in [0.1, 0.15) is 35.2 Å². The van der Waals surface area contributed by atoms with E-state index in [1.807, 2.05) is 0 Å². The molecule has 0 aliphatic heterocycles. The molecule has 3 fully saturated rings. The number of nitrogens with one attached hydrogen (secondary N) is 2. The van der Waals surface area contributed by atoms with Gasteiger partial charge in [0.1, 0.15) is 4.90 Å². The summed E-state index contributed by atoms with van der Waals surface area (Å²) in [4.78, 5) is 12.7. The molecule has 11 heteroatoms. The zero-order valence-corrected chi connectivity index (χ0v) is 16.5. The van der Waals surface area contributed by atoms with Crippen LogP contribution in [0.4, 0.5) is 18.9 Å². The van der Waals surface area contributed by atoms with Gasteiger partial charge < -0.3 is 5.32 Å². The first-order valence-electron chi connectivity index (χ1n) is 8.86. The van der Waals surface area contributed by atoms with Gasteiger partial charge >= 0.3 is 6.18 Å². The maximum Gasteiger partial charge on any atom is 0.394 e. The fourth-order valence-corrected chi connectivity index (χ4v) is 5.26. The van der Waals surface area contributed by atoms with Gasteiger partial charge in [-0.1, -0.05) is 6.07 Å². The van der Waals surface area contributed by atoms with Crippen LogP contribution in [0, 0.1) is 12.3 Å². The number of benzene rings is 1. The van der Waals surface area contributed by atoms with Gasteiger partial charge in [-0.15, -0.1) is 0 Å². The molecule has 2 bridgehead atoms. The van der Waals surface area contributed by atoms with Crippen LogP contribution in [0.2, 0.25) is 0 Å². The molecule has 5 rings (SSSR count). The lowest BCUT2D eigenvalue weighted by Crippen LogP contribution is -2.78. The number of anilines is 1. The van der Waals surface area contributed by atoms with E-state index in [1.54, 1.807) is 20.0 Å². The zero-order valence-electron chi connectivity index (χ0n) is 15.7. The number of halogens is 3. The minimum absolute atomic E-state index is 0.0499. The summed E-state index contributed by atoms with van der Waals surface area (Å²) in [6.45, 7) is 1.73. The van der Waals surface area contributed by atoms with Gasteiger partial charge in [0.25, 0.3) is 15.9 Å². The van der Waals surface area contributed by atoms with Crippen LogP contribution in [0.3, 0.4) is 0 Å². The molecule has 3 aliphatic rings. The van der Waals surface area contributed by atoms with E-state index in [2.05, 4.69) is 15.1 Å². The summed E-state index contributed by atoms with van der Waals surface area (Å²) >= 11 is 0. The first-order chi connectivity index (χ1) is 13.3. The number of amides is 1. The average molecular weight is 428 g/mol. The van der Waals surface area contributed by atoms with E-state index in [0.717, 1.165) is 0 Å². The molecule has 0 unspecified atom stereocenters. The molecule has 29 heavy (non-hydrogen) atoms. The molecule has 1 heterocycles. The van der Waals surface area contributed by atoms with E-state index in [0.29, 0.717) is 5.56 Å². The monoisotopic (exact) mass is 428 g/mol. The van der Waals surface area contributed by atoms with E-state index >= 15 is 0 Å². The summed E-state index contributed by atoms with van der Waals surface area (Å²) in [6.07, 6.45) is -2.20. The fourth-order valence-electron chi connectivity index (χ4n) is 4.21. The standard InChI is InChI=1S/C18H19F3N4O3S/c1-11-3-4-13(14(5-11)24-29(27,28)12-6-22-25(2)7-12)15(26)23-17-8-16(9-17,10-17)18(19,20)21/h3-7,24H,8-10H2,1-2H3,(H,23,26). The van der Waals surface area contributed by atoms with Gasteiger partial charge in [-0.3, -0.25) is 14.2 Å². The lowest BCUT2D eigenvalue weighted by Gasteiger charge is -2.70. The summed E-state index contributed by atoms with van der Waals surface area (Å²) in [5.41, 5.74) is -1.72. The number of carbonyl (C=O) groups is 1. The minimum atomic E-state index is -4.27. The number of hydrogen-bond donors (Lipinski definition) is 2. The second-order valence-electron chi connectivity index (χ2n) is 8.05. The van der Waals surface area contributed by atoms with Gasteiger partial charge in [-0.2, -0.15) is 18.3 Å². The van der Waals surface area contributed by atoms with Crippen LogP contribution in [0.15, 0.2) is 35.5 Å². The SMILES string of the molecule is Cc1ccc(C(=O)NC23CC(C(F)(F)F)(C2)C3)c(NS(=O)(=O)c2cnn(C)c2)c1. The third kappa shape index (κ3) is 3.17. The van der Waals surface area contributed by atoms with Gasteiger partial charge in [0.2, 0.25) is 0 Å². The Morgan fingerprint density at radius 3 is 2.45 bits per heavy atom. The second-order valence-corrected chi connectivity index (χ2v) is 9.73. The first kappa shape index (κ1) is 19.7. The number of carbonyl (C=O) groups excluding carboxylic acids is 1. The Labute approximate surface area is 165 Å². The van der Waals surface area contributed by atoms with Crippen LogP contribution in [0.25, 0.3) is 0 Å².